The number of benzene rings is 2. The standard InChI is InChI=1S/C27H29FN4O3/c1-3-20-18(16-35-13-12-34-4-2)6-5-7-23(20)31-25-21-14-24(17-8-10-19(28)11-9-17)32-27(21)30-15-22(25)26(29)33/h5-11,14-15H,3-4,12-13,16H2,1-2H3,(H2,29,33)(H2,30,31,32). The third-order valence-electron chi connectivity index (χ3n) is 5.80. The molecule has 182 valence electrons. The van der Waals surface area contributed by atoms with E-state index in [0.717, 1.165) is 34.5 Å². The summed E-state index contributed by atoms with van der Waals surface area (Å²) in [5.74, 6) is -0.893. The molecule has 0 saturated carbocycles. The Morgan fingerprint density at radius 1 is 1.11 bits per heavy atom. The molecule has 4 N–H and O–H groups in total. The zero-order chi connectivity index (χ0) is 24.8. The monoisotopic (exact) mass is 476 g/mol. The number of carbonyl (C=O) groups is 1. The number of H-pyrrole nitrogens is 1. The first-order valence-electron chi connectivity index (χ1n) is 11.6. The van der Waals surface area contributed by atoms with Crippen molar-refractivity contribution in [1.29, 1.82) is 0 Å². The second kappa shape index (κ2) is 11.1. The van der Waals surface area contributed by atoms with Crippen molar-refractivity contribution in [3.8, 4) is 11.3 Å². The minimum atomic E-state index is -0.583. The summed E-state index contributed by atoms with van der Waals surface area (Å²) in [6, 6.07) is 14.0. The zero-order valence-electron chi connectivity index (χ0n) is 19.9. The number of fused-ring (bicyclic) bond motifs is 1. The normalized spacial score (nSPS) is 11.2. The summed E-state index contributed by atoms with van der Waals surface area (Å²) in [5, 5.41) is 4.15. The maximum atomic E-state index is 13.4. The second-order valence-corrected chi connectivity index (χ2v) is 8.03. The summed E-state index contributed by atoms with van der Waals surface area (Å²) in [6.07, 6.45) is 2.23. The SMILES string of the molecule is CCOCCOCc1cccc(Nc2c(C(N)=O)cnc3[nH]c(-c4ccc(F)cc4)cc23)c1CC. The van der Waals surface area contributed by atoms with Gasteiger partial charge in [-0.25, -0.2) is 9.37 Å². The van der Waals surface area contributed by atoms with Gasteiger partial charge < -0.3 is 25.5 Å². The number of hydrogen-bond donors (Lipinski definition) is 3. The number of rotatable bonds is 11. The molecule has 0 radical (unpaired) electrons. The molecule has 8 heteroatoms. The average molecular weight is 477 g/mol. The van der Waals surface area contributed by atoms with Gasteiger partial charge in [-0.2, -0.15) is 0 Å². The molecule has 1 amide bonds. The van der Waals surface area contributed by atoms with E-state index in [9.17, 15) is 9.18 Å². The highest BCUT2D eigenvalue weighted by atomic mass is 19.1. The van der Waals surface area contributed by atoms with Crippen LogP contribution in [0.25, 0.3) is 22.3 Å². The number of nitrogens with two attached hydrogens (primary N) is 1. The van der Waals surface area contributed by atoms with Gasteiger partial charge in [0.25, 0.3) is 5.91 Å². The Kier molecular flexibility index (Phi) is 7.74. The maximum Gasteiger partial charge on any atom is 0.252 e. The van der Waals surface area contributed by atoms with Crippen LogP contribution in [-0.4, -0.2) is 35.7 Å². The van der Waals surface area contributed by atoms with Crippen molar-refractivity contribution < 1.29 is 18.7 Å². The molecule has 2 aromatic heterocycles. The summed E-state index contributed by atoms with van der Waals surface area (Å²) in [6.45, 7) is 6.21. The molecule has 4 aromatic rings. The van der Waals surface area contributed by atoms with E-state index in [1.165, 1.54) is 18.3 Å². The molecule has 7 nitrogen and oxygen atoms in total. The summed E-state index contributed by atoms with van der Waals surface area (Å²) < 4.78 is 24.5. The van der Waals surface area contributed by atoms with E-state index in [0.29, 0.717) is 43.1 Å². The Bertz CT molecular complexity index is 1320. The van der Waals surface area contributed by atoms with Crippen LogP contribution in [0.2, 0.25) is 0 Å². The van der Waals surface area contributed by atoms with Crippen molar-refractivity contribution in [2.75, 3.05) is 25.1 Å². The molecule has 2 heterocycles. The number of amides is 1. The highest BCUT2D eigenvalue weighted by Gasteiger charge is 2.18. The highest BCUT2D eigenvalue weighted by molar-refractivity contribution is 6.08. The Hall–Kier alpha value is -3.75. The van der Waals surface area contributed by atoms with Crippen molar-refractivity contribution >= 4 is 28.3 Å². The number of halogens is 1. The Labute approximate surface area is 203 Å². The van der Waals surface area contributed by atoms with Crippen LogP contribution < -0.4 is 11.1 Å². The lowest BCUT2D eigenvalue weighted by molar-refractivity contribution is 0.0451. The van der Waals surface area contributed by atoms with E-state index in [2.05, 4.69) is 22.2 Å². The van der Waals surface area contributed by atoms with E-state index in [4.69, 9.17) is 15.2 Å². The average Bonchev–Trinajstić information content (AvgIpc) is 3.29. The van der Waals surface area contributed by atoms with Crippen LogP contribution >= 0.6 is 0 Å². The van der Waals surface area contributed by atoms with Crippen LogP contribution in [-0.2, 0) is 22.5 Å². The lowest BCUT2D eigenvalue weighted by Crippen LogP contribution is -2.14. The van der Waals surface area contributed by atoms with Crippen molar-refractivity contribution in [3.63, 3.8) is 0 Å². The molecule has 0 aliphatic rings. The number of anilines is 2. The molecule has 0 aliphatic carbocycles. The quantitative estimate of drug-likeness (QED) is 0.254. The van der Waals surface area contributed by atoms with E-state index in [1.807, 2.05) is 31.2 Å². The second-order valence-electron chi connectivity index (χ2n) is 8.03. The van der Waals surface area contributed by atoms with Crippen LogP contribution in [0.4, 0.5) is 15.8 Å². The smallest absolute Gasteiger partial charge is 0.252 e. The fraction of sp³-hybridized carbons (Fsp3) is 0.259. The van der Waals surface area contributed by atoms with Gasteiger partial charge in [0.2, 0.25) is 0 Å². The molecule has 4 rings (SSSR count). The molecule has 2 aromatic carbocycles. The number of nitrogens with zero attached hydrogens (tertiary/aromatic N) is 1. The van der Waals surface area contributed by atoms with Gasteiger partial charge in [-0.3, -0.25) is 4.79 Å². The highest BCUT2D eigenvalue weighted by Crippen LogP contribution is 2.34. The van der Waals surface area contributed by atoms with E-state index in [1.54, 1.807) is 12.1 Å². The van der Waals surface area contributed by atoms with Crippen LogP contribution in [0, 0.1) is 5.82 Å². The first-order chi connectivity index (χ1) is 17.0. The first-order valence-corrected chi connectivity index (χ1v) is 11.6. The largest absolute Gasteiger partial charge is 0.379 e. The molecule has 0 saturated heterocycles. The van der Waals surface area contributed by atoms with Crippen molar-refractivity contribution in [1.82, 2.24) is 9.97 Å². The van der Waals surface area contributed by atoms with Gasteiger partial charge in [0, 0.05) is 29.6 Å². The van der Waals surface area contributed by atoms with Gasteiger partial charge in [-0.15, -0.1) is 0 Å². The van der Waals surface area contributed by atoms with Crippen molar-refractivity contribution in [2.45, 2.75) is 26.9 Å². The van der Waals surface area contributed by atoms with Crippen LogP contribution in [0.1, 0.15) is 35.3 Å². The van der Waals surface area contributed by atoms with Gasteiger partial charge >= 0.3 is 0 Å². The van der Waals surface area contributed by atoms with Gasteiger partial charge in [-0.1, -0.05) is 19.1 Å². The predicted molar refractivity (Wildman–Crippen MR) is 135 cm³/mol. The molecular formula is C27H29FN4O3. The van der Waals surface area contributed by atoms with Crippen LogP contribution in [0.15, 0.2) is 54.7 Å². The Morgan fingerprint density at radius 3 is 2.60 bits per heavy atom. The molecule has 0 atom stereocenters. The number of primary amides is 1. The van der Waals surface area contributed by atoms with Gasteiger partial charge in [0.1, 0.15) is 11.5 Å². The number of ether oxygens (including phenoxy) is 2. The molecule has 0 unspecified atom stereocenters. The molecule has 0 fully saturated rings. The number of pyridine rings is 1. The molecule has 0 spiro atoms. The minimum absolute atomic E-state index is 0.280. The van der Waals surface area contributed by atoms with Gasteiger partial charge in [0.05, 0.1) is 31.1 Å². The third-order valence-corrected chi connectivity index (χ3v) is 5.80. The number of aromatic amines is 1. The number of nitrogens with one attached hydrogen (secondary N) is 2. The number of carbonyl (C=O) groups excluding carboxylic acids is 1. The molecular weight excluding hydrogens is 447 g/mol. The fourth-order valence-electron chi connectivity index (χ4n) is 4.06. The van der Waals surface area contributed by atoms with Crippen molar-refractivity contribution in [2.24, 2.45) is 5.73 Å². The van der Waals surface area contributed by atoms with Gasteiger partial charge in [-0.05, 0) is 66.4 Å². The molecule has 0 bridgehead atoms. The first kappa shape index (κ1) is 24.4. The summed E-state index contributed by atoms with van der Waals surface area (Å²) in [7, 11) is 0. The predicted octanol–water partition coefficient (Wildman–Crippen LogP) is 5.33. The van der Waals surface area contributed by atoms with Crippen molar-refractivity contribution in [3.05, 3.63) is 77.2 Å². The summed E-state index contributed by atoms with van der Waals surface area (Å²) >= 11 is 0. The third kappa shape index (κ3) is 5.50. The Morgan fingerprint density at radius 2 is 1.89 bits per heavy atom. The van der Waals surface area contributed by atoms with Crippen LogP contribution in [0.3, 0.4) is 0 Å². The van der Waals surface area contributed by atoms with Crippen LogP contribution in [0.5, 0.6) is 0 Å². The number of aromatic nitrogens is 2. The lowest BCUT2D eigenvalue weighted by atomic mass is 10.0. The zero-order valence-corrected chi connectivity index (χ0v) is 19.9. The lowest BCUT2D eigenvalue weighted by Gasteiger charge is -2.17. The fourth-order valence-corrected chi connectivity index (χ4v) is 4.06. The summed E-state index contributed by atoms with van der Waals surface area (Å²) in [5.41, 5.74) is 11.7. The van der Waals surface area contributed by atoms with E-state index < -0.39 is 5.91 Å². The molecule has 0 aliphatic heterocycles. The topological polar surface area (TPSA) is 102 Å². The van der Waals surface area contributed by atoms with E-state index >= 15 is 0 Å². The van der Waals surface area contributed by atoms with Gasteiger partial charge in [0.15, 0.2) is 0 Å². The molecule has 35 heavy (non-hydrogen) atoms. The number of hydrogen-bond acceptors (Lipinski definition) is 5. The summed E-state index contributed by atoms with van der Waals surface area (Å²) in [4.78, 5) is 19.9. The minimum Gasteiger partial charge on any atom is -0.379 e. The maximum absolute atomic E-state index is 13.4. The van der Waals surface area contributed by atoms with E-state index in [-0.39, 0.29) is 11.4 Å². The Balaban J connectivity index is 1.71.